The van der Waals surface area contributed by atoms with Crippen molar-refractivity contribution in [3.05, 3.63) is 29.8 Å². The third-order valence-electron chi connectivity index (χ3n) is 4.08. The highest BCUT2D eigenvalue weighted by Gasteiger charge is 2.22. The van der Waals surface area contributed by atoms with E-state index in [4.69, 9.17) is 0 Å². The first-order chi connectivity index (χ1) is 10.5. The lowest BCUT2D eigenvalue weighted by Crippen LogP contribution is -2.50. The summed E-state index contributed by atoms with van der Waals surface area (Å²) in [6.07, 6.45) is 1.07. The Balaban J connectivity index is 0.00000264. The summed E-state index contributed by atoms with van der Waals surface area (Å²) in [4.78, 5) is 23.9. The van der Waals surface area contributed by atoms with Gasteiger partial charge in [-0.25, -0.2) is 0 Å². The maximum Gasteiger partial charge on any atom is 0.251 e. The molecule has 2 amide bonds. The minimum absolute atomic E-state index is 0. The Kier molecular flexibility index (Phi) is 7.52. The van der Waals surface area contributed by atoms with Crippen molar-refractivity contribution >= 4 is 29.9 Å². The Bertz CT molecular complexity index is 531. The summed E-state index contributed by atoms with van der Waals surface area (Å²) >= 11 is 0. The molecule has 0 spiro atoms. The standard InChI is InChI=1S/C17H25N3O2.ClH/c1-11(2)16(21)19-14-6-4-13(5-7-14)17(22)20-15-10-18-9-8-12(15)3;/h4-7,11-12,15,18H,8-10H2,1-3H3,(H,19,21)(H,20,22);1H. The lowest BCUT2D eigenvalue weighted by atomic mass is 9.94. The topological polar surface area (TPSA) is 70.2 Å². The van der Waals surface area contributed by atoms with Gasteiger partial charge in [-0.3, -0.25) is 9.59 Å². The van der Waals surface area contributed by atoms with Gasteiger partial charge in [0, 0.05) is 29.8 Å². The van der Waals surface area contributed by atoms with E-state index in [-0.39, 0.29) is 36.2 Å². The van der Waals surface area contributed by atoms with E-state index in [1.165, 1.54) is 0 Å². The number of piperidine rings is 1. The molecule has 23 heavy (non-hydrogen) atoms. The van der Waals surface area contributed by atoms with Crippen LogP contribution in [-0.2, 0) is 4.79 Å². The van der Waals surface area contributed by atoms with Crippen LogP contribution in [0.3, 0.4) is 0 Å². The molecule has 0 bridgehead atoms. The predicted octanol–water partition coefficient (Wildman–Crippen LogP) is 2.43. The van der Waals surface area contributed by atoms with E-state index >= 15 is 0 Å². The van der Waals surface area contributed by atoms with Crippen LogP contribution in [0.25, 0.3) is 0 Å². The number of amides is 2. The Labute approximate surface area is 144 Å². The summed E-state index contributed by atoms with van der Waals surface area (Å²) in [6.45, 7) is 7.68. The fourth-order valence-electron chi connectivity index (χ4n) is 2.43. The van der Waals surface area contributed by atoms with Crippen LogP contribution < -0.4 is 16.0 Å². The van der Waals surface area contributed by atoms with E-state index in [1.807, 2.05) is 13.8 Å². The van der Waals surface area contributed by atoms with E-state index in [1.54, 1.807) is 24.3 Å². The highest BCUT2D eigenvalue weighted by molar-refractivity contribution is 5.96. The Hall–Kier alpha value is -1.59. The van der Waals surface area contributed by atoms with Crippen molar-refractivity contribution in [2.45, 2.75) is 33.2 Å². The molecule has 2 atom stereocenters. The number of benzene rings is 1. The summed E-state index contributed by atoms with van der Waals surface area (Å²) in [7, 11) is 0. The summed E-state index contributed by atoms with van der Waals surface area (Å²) < 4.78 is 0. The lowest BCUT2D eigenvalue weighted by molar-refractivity contribution is -0.118. The third-order valence-corrected chi connectivity index (χ3v) is 4.08. The number of rotatable bonds is 4. The average molecular weight is 340 g/mol. The normalized spacial score (nSPS) is 20.5. The second-order valence-corrected chi connectivity index (χ2v) is 6.27. The third kappa shape index (κ3) is 5.52. The van der Waals surface area contributed by atoms with Crippen LogP contribution in [0.1, 0.15) is 37.6 Å². The van der Waals surface area contributed by atoms with E-state index in [2.05, 4.69) is 22.9 Å². The molecule has 5 nitrogen and oxygen atoms in total. The Morgan fingerprint density at radius 3 is 2.43 bits per heavy atom. The molecule has 2 unspecified atom stereocenters. The first-order valence-corrected chi connectivity index (χ1v) is 7.90. The molecule has 1 aromatic rings. The quantitative estimate of drug-likeness (QED) is 0.789. The van der Waals surface area contributed by atoms with Crippen LogP contribution in [-0.4, -0.2) is 30.9 Å². The Morgan fingerprint density at radius 2 is 1.87 bits per heavy atom. The van der Waals surface area contributed by atoms with Crippen LogP contribution in [0.5, 0.6) is 0 Å². The molecule has 0 saturated carbocycles. The number of anilines is 1. The molecule has 0 aliphatic carbocycles. The van der Waals surface area contributed by atoms with Gasteiger partial charge in [0.15, 0.2) is 0 Å². The molecule has 2 rings (SSSR count). The second-order valence-electron chi connectivity index (χ2n) is 6.27. The molecule has 1 aromatic carbocycles. The number of hydrogen-bond acceptors (Lipinski definition) is 3. The molecular formula is C17H26ClN3O2. The van der Waals surface area contributed by atoms with Gasteiger partial charge in [0.25, 0.3) is 5.91 Å². The molecule has 1 saturated heterocycles. The maximum absolute atomic E-state index is 12.3. The minimum Gasteiger partial charge on any atom is -0.348 e. The van der Waals surface area contributed by atoms with Gasteiger partial charge in [-0.15, -0.1) is 12.4 Å². The summed E-state index contributed by atoms with van der Waals surface area (Å²) in [5, 5.41) is 9.19. The molecule has 1 fully saturated rings. The molecule has 6 heteroatoms. The molecule has 1 aliphatic heterocycles. The van der Waals surface area contributed by atoms with Gasteiger partial charge in [0.05, 0.1) is 0 Å². The zero-order valence-electron chi connectivity index (χ0n) is 13.9. The van der Waals surface area contributed by atoms with E-state index in [9.17, 15) is 9.59 Å². The van der Waals surface area contributed by atoms with Gasteiger partial charge < -0.3 is 16.0 Å². The van der Waals surface area contributed by atoms with Crippen molar-refractivity contribution < 1.29 is 9.59 Å². The van der Waals surface area contributed by atoms with Crippen LogP contribution >= 0.6 is 12.4 Å². The zero-order valence-corrected chi connectivity index (χ0v) is 14.7. The van der Waals surface area contributed by atoms with Crippen LogP contribution in [0, 0.1) is 11.8 Å². The van der Waals surface area contributed by atoms with Crippen molar-refractivity contribution in [2.75, 3.05) is 18.4 Å². The molecule has 3 N–H and O–H groups in total. The van der Waals surface area contributed by atoms with Crippen molar-refractivity contribution in [3.63, 3.8) is 0 Å². The fraction of sp³-hybridized carbons (Fsp3) is 0.529. The molecule has 1 aliphatic rings. The van der Waals surface area contributed by atoms with Gasteiger partial charge in [0.1, 0.15) is 0 Å². The zero-order chi connectivity index (χ0) is 16.1. The van der Waals surface area contributed by atoms with Gasteiger partial charge in [-0.2, -0.15) is 0 Å². The number of carbonyl (C=O) groups excluding carboxylic acids is 2. The van der Waals surface area contributed by atoms with Gasteiger partial charge >= 0.3 is 0 Å². The van der Waals surface area contributed by atoms with Crippen LogP contribution in [0.4, 0.5) is 5.69 Å². The smallest absolute Gasteiger partial charge is 0.251 e. The van der Waals surface area contributed by atoms with Gasteiger partial charge in [0.2, 0.25) is 5.91 Å². The summed E-state index contributed by atoms with van der Waals surface area (Å²) in [6, 6.07) is 7.18. The number of carbonyl (C=O) groups is 2. The number of nitrogens with one attached hydrogen (secondary N) is 3. The highest BCUT2D eigenvalue weighted by Crippen LogP contribution is 2.14. The van der Waals surface area contributed by atoms with E-state index < -0.39 is 0 Å². The monoisotopic (exact) mass is 339 g/mol. The first-order valence-electron chi connectivity index (χ1n) is 7.90. The van der Waals surface area contributed by atoms with E-state index in [0.29, 0.717) is 17.2 Å². The summed E-state index contributed by atoms with van der Waals surface area (Å²) in [5.74, 6) is 0.319. The van der Waals surface area contributed by atoms with Crippen molar-refractivity contribution in [2.24, 2.45) is 11.8 Å². The fourth-order valence-corrected chi connectivity index (χ4v) is 2.43. The summed E-state index contributed by atoms with van der Waals surface area (Å²) in [5.41, 5.74) is 1.32. The Morgan fingerprint density at radius 1 is 1.22 bits per heavy atom. The lowest BCUT2D eigenvalue weighted by Gasteiger charge is -2.30. The predicted molar refractivity (Wildman–Crippen MR) is 95.1 cm³/mol. The van der Waals surface area contributed by atoms with Crippen molar-refractivity contribution in [1.82, 2.24) is 10.6 Å². The maximum atomic E-state index is 12.3. The van der Waals surface area contributed by atoms with Gasteiger partial charge in [-0.05, 0) is 43.1 Å². The molecule has 128 valence electrons. The number of hydrogen-bond donors (Lipinski definition) is 3. The molecule has 0 radical (unpaired) electrons. The SMILES string of the molecule is CC(C)C(=O)Nc1ccc(C(=O)NC2CNCCC2C)cc1.Cl. The van der Waals surface area contributed by atoms with E-state index in [0.717, 1.165) is 19.5 Å². The van der Waals surface area contributed by atoms with Crippen LogP contribution in [0.15, 0.2) is 24.3 Å². The van der Waals surface area contributed by atoms with Crippen LogP contribution in [0.2, 0.25) is 0 Å². The van der Waals surface area contributed by atoms with Crippen molar-refractivity contribution in [3.8, 4) is 0 Å². The first kappa shape index (κ1) is 19.5. The minimum atomic E-state index is -0.0673. The largest absolute Gasteiger partial charge is 0.348 e. The second kappa shape index (κ2) is 8.89. The number of halogens is 1. The van der Waals surface area contributed by atoms with Gasteiger partial charge in [-0.1, -0.05) is 20.8 Å². The average Bonchev–Trinajstić information content (AvgIpc) is 2.50. The molecule has 1 heterocycles. The highest BCUT2D eigenvalue weighted by atomic mass is 35.5. The molecule has 0 aromatic heterocycles. The molecular weight excluding hydrogens is 314 g/mol. The van der Waals surface area contributed by atoms with Crippen molar-refractivity contribution in [1.29, 1.82) is 0 Å².